The summed E-state index contributed by atoms with van der Waals surface area (Å²) in [6.07, 6.45) is 5.07. The number of rotatable bonds is 3. The summed E-state index contributed by atoms with van der Waals surface area (Å²) < 4.78 is 4.50. The minimum Gasteiger partial charge on any atom is -1.00 e. The number of ether oxygens (including phenoxy) is 1. The number of allylic oxidation sites excluding steroid dienone is 4. The van der Waals surface area contributed by atoms with Crippen molar-refractivity contribution in [1.82, 2.24) is 0 Å². The number of aliphatic hydroxyl groups excluding tert-OH is 1. The third-order valence-corrected chi connectivity index (χ3v) is 3.12. The fourth-order valence-corrected chi connectivity index (χ4v) is 1.96. The maximum Gasteiger partial charge on any atom is 4.00 e. The molecule has 16 heavy (non-hydrogen) atoms. The predicted octanol–water partition coefficient (Wildman–Crippen LogP) is -6.50. The maximum absolute atomic E-state index is 10.3. The number of carbonyl (C=O) groups excluding carboxylic acids is 1. The Labute approximate surface area is 125 Å². The van der Waals surface area contributed by atoms with Gasteiger partial charge in [0.15, 0.2) is 0 Å². The molecule has 1 N–H and O–H groups in total. The molecule has 0 radical (unpaired) electrons. The molecule has 2 aliphatic rings. The Balaban J connectivity index is -0.000000181. The van der Waals surface area contributed by atoms with Crippen LogP contribution in [0.15, 0.2) is 16.5 Å². The Morgan fingerprint density at radius 2 is 2.19 bits per heavy atom. The number of carbonyl (C=O) groups is 1. The van der Waals surface area contributed by atoms with E-state index < -0.39 is 0 Å². The molecule has 1 fully saturated rings. The SMILES string of the molecule is CO[CH-]CCO.O=C1[C-]=C2[SiH2]C2=C1.[Cl-].[Cl-].[Ti+4]. The summed E-state index contributed by atoms with van der Waals surface area (Å²) in [6, 6.07) is 0. The van der Waals surface area contributed by atoms with Crippen molar-refractivity contribution in [2.45, 2.75) is 6.42 Å². The molecule has 88 valence electrons. The normalized spacial score (nSPS) is 15.2. The number of methoxy groups -OCH3 is 1. The minimum absolute atomic E-state index is 0. The number of hydrogen-bond acceptors (Lipinski definition) is 3. The van der Waals surface area contributed by atoms with Crippen molar-refractivity contribution in [3.8, 4) is 0 Å². The summed E-state index contributed by atoms with van der Waals surface area (Å²) >= 11 is 0. The van der Waals surface area contributed by atoms with Crippen molar-refractivity contribution >= 4 is 15.3 Å². The molecule has 3 nitrogen and oxygen atoms in total. The predicted molar refractivity (Wildman–Crippen MR) is 51.4 cm³/mol. The van der Waals surface area contributed by atoms with Gasteiger partial charge < -0.3 is 39.5 Å². The van der Waals surface area contributed by atoms with E-state index in [1.54, 1.807) is 19.8 Å². The van der Waals surface area contributed by atoms with E-state index in [4.69, 9.17) is 5.11 Å². The molecule has 0 unspecified atom stereocenters. The Hall–Kier alpha value is 0.581. The van der Waals surface area contributed by atoms with E-state index >= 15 is 0 Å². The van der Waals surface area contributed by atoms with Crippen LogP contribution >= 0.6 is 0 Å². The second kappa shape index (κ2) is 12.0. The molecule has 0 spiro atoms. The molecular weight excluding hydrogens is 303 g/mol. The van der Waals surface area contributed by atoms with Crippen molar-refractivity contribution in [2.24, 2.45) is 0 Å². The molecule has 1 heterocycles. The van der Waals surface area contributed by atoms with E-state index in [0.717, 1.165) is 0 Å². The number of halogens is 2. The van der Waals surface area contributed by atoms with Crippen LogP contribution in [-0.2, 0) is 31.2 Å². The zero-order valence-electron chi connectivity index (χ0n) is 8.80. The van der Waals surface area contributed by atoms with Gasteiger partial charge in [-0.05, 0) is 16.6 Å². The third kappa shape index (κ3) is 8.70. The van der Waals surface area contributed by atoms with Gasteiger partial charge in [-0.1, -0.05) is 0 Å². The topological polar surface area (TPSA) is 46.5 Å². The smallest absolute Gasteiger partial charge is 1.00 e. The van der Waals surface area contributed by atoms with E-state index in [1.165, 1.54) is 10.4 Å². The van der Waals surface area contributed by atoms with Gasteiger partial charge in [0.1, 0.15) is 0 Å². The monoisotopic (exact) mass is 314 g/mol. The van der Waals surface area contributed by atoms with Crippen LogP contribution in [-0.4, -0.2) is 34.1 Å². The number of ketones is 1. The van der Waals surface area contributed by atoms with Gasteiger partial charge >= 0.3 is 21.7 Å². The maximum atomic E-state index is 10.3. The van der Waals surface area contributed by atoms with Gasteiger partial charge in [0.25, 0.3) is 0 Å². The van der Waals surface area contributed by atoms with Crippen molar-refractivity contribution in [1.29, 1.82) is 0 Å². The molecule has 0 amide bonds. The average molecular weight is 315 g/mol. The Morgan fingerprint density at radius 1 is 1.56 bits per heavy atom. The summed E-state index contributed by atoms with van der Waals surface area (Å²) in [4.78, 5) is 10.3. The summed E-state index contributed by atoms with van der Waals surface area (Å²) in [5, 5.41) is 10.7. The molecule has 1 aliphatic carbocycles. The van der Waals surface area contributed by atoms with Crippen molar-refractivity contribution in [3.63, 3.8) is 0 Å². The van der Waals surface area contributed by atoms with Crippen LogP contribution in [0.25, 0.3) is 0 Å². The van der Waals surface area contributed by atoms with Crippen LogP contribution in [0, 0.1) is 12.7 Å². The summed E-state index contributed by atoms with van der Waals surface area (Å²) in [6.45, 7) is 1.73. The van der Waals surface area contributed by atoms with Gasteiger partial charge in [0.05, 0.1) is 5.78 Å². The first kappa shape index (κ1) is 21.8. The summed E-state index contributed by atoms with van der Waals surface area (Å²) in [5.74, 6) is 0.0868. The van der Waals surface area contributed by atoms with Crippen LogP contribution in [0.4, 0.5) is 0 Å². The molecule has 1 aliphatic heterocycles. The summed E-state index contributed by atoms with van der Waals surface area (Å²) in [5.41, 5.74) is 0. The van der Waals surface area contributed by atoms with Gasteiger partial charge in [-0.25, -0.2) is 11.8 Å². The molecule has 0 aromatic heterocycles. The van der Waals surface area contributed by atoms with E-state index in [0.29, 0.717) is 6.42 Å². The fourth-order valence-electron chi connectivity index (χ4n) is 0.922. The first-order valence-corrected chi connectivity index (χ1v) is 5.52. The molecule has 0 aromatic rings. The number of aliphatic hydroxyl groups is 1. The van der Waals surface area contributed by atoms with E-state index in [-0.39, 0.29) is 68.4 Å². The quantitative estimate of drug-likeness (QED) is 0.320. The number of hydrogen-bond donors (Lipinski definition) is 1. The second-order valence-electron chi connectivity index (χ2n) is 2.73. The Bertz CT molecular complexity index is 245. The van der Waals surface area contributed by atoms with E-state index in [1.807, 2.05) is 0 Å². The van der Waals surface area contributed by atoms with E-state index in [9.17, 15) is 4.79 Å². The Kier molecular flexibility index (Phi) is 16.4. The second-order valence-corrected chi connectivity index (χ2v) is 4.55. The largest absolute Gasteiger partial charge is 4.00 e. The van der Waals surface area contributed by atoms with Crippen molar-refractivity contribution in [2.75, 3.05) is 13.7 Å². The van der Waals surface area contributed by atoms with Gasteiger partial charge in [-0.3, -0.25) is 0 Å². The van der Waals surface area contributed by atoms with Gasteiger partial charge in [0.2, 0.25) is 0 Å². The molecule has 0 bridgehead atoms. The molecule has 2 rings (SSSR count). The zero-order chi connectivity index (χ0) is 9.68. The van der Waals surface area contributed by atoms with Crippen LogP contribution in [0.1, 0.15) is 6.42 Å². The van der Waals surface area contributed by atoms with Crippen LogP contribution in [0.5, 0.6) is 0 Å². The van der Waals surface area contributed by atoms with Crippen LogP contribution in [0.3, 0.4) is 0 Å². The van der Waals surface area contributed by atoms with Crippen LogP contribution < -0.4 is 24.8 Å². The zero-order valence-corrected chi connectivity index (χ0v) is 13.3. The molecule has 1 saturated heterocycles. The molecule has 0 aromatic carbocycles. The molecule has 7 heteroatoms. The Morgan fingerprint density at radius 3 is 2.38 bits per heavy atom. The molecule has 0 atom stereocenters. The molecular formula is C9H12Cl2O3SiTi. The number of fused-ring (bicyclic) bond motifs is 1. The average Bonchev–Trinajstić information content (AvgIpc) is 2.72. The first-order chi connectivity index (χ1) is 6.27. The van der Waals surface area contributed by atoms with E-state index in [2.05, 4.69) is 10.8 Å². The minimum atomic E-state index is 0. The standard InChI is InChI=1S/C5H3OSi.C4H9O2.2ClH.Ti/c6-3-1-4-5(2-3)7-4;1-6-4-2-3-5;;;/h1H,7H2;4-5H,2-3H2,1H3;2*1H;/q2*-1;;;+4/p-2. The van der Waals surface area contributed by atoms with Gasteiger partial charge in [-0.15, -0.1) is 12.5 Å². The summed E-state index contributed by atoms with van der Waals surface area (Å²) in [7, 11) is 1.57. The molecule has 0 saturated carbocycles. The first-order valence-electron chi connectivity index (χ1n) is 4.11. The van der Waals surface area contributed by atoms with Gasteiger partial charge in [-0.2, -0.15) is 11.3 Å². The van der Waals surface area contributed by atoms with Crippen molar-refractivity contribution in [3.05, 3.63) is 29.2 Å². The van der Waals surface area contributed by atoms with Gasteiger partial charge in [0, 0.05) is 6.61 Å². The third-order valence-electron chi connectivity index (χ3n) is 1.62. The fraction of sp³-hybridized carbons (Fsp3) is 0.333. The van der Waals surface area contributed by atoms with Crippen LogP contribution in [0.2, 0.25) is 0 Å². The van der Waals surface area contributed by atoms with Crippen molar-refractivity contribution < 1.29 is 61.2 Å².